The molecule has 1 aliphatic rings. The van der Waals surface area contributed by atoms with Gasteiger partial charge in [-0.15, -0.1) is 0 Å². The van der Waals surface area contributed by atoms with Crippen LogP contribution in [0.1, 0.15) is 34.7 Å². The Hall–Kier alpha value is -2.25. The number of aromatic carboxylic acids is 1. The highest BCUT2D eigenvalue weighted by Crippen LogP contribution is 2.30. The minimum Gasteiger partial charge on any atom is -0.478 e. The van der Waals surface area contributed by atoms with Crippen LogP contribution in [0.5, 0.6) is 0 Å². The molecular formula is C17H18N2O4S. The van der Waals surface area contributed by atoms with Gasteiger partial charge < -0.3 is 5.11 Å². The average molecular weight is 346 g/mol. The first-order chi connectivity index (χ1) is 11.5. The van der Waals surface area contributed by atoms with Crippen molar-refractivity contribution in [3.8, 4) is 0 Å². The average Bonchev–Trinajstić information content (AvgIpc) is 2.62. The molecule has 1 N–H and O–H groups in total. The Kier molecular flexibility index (Phi) is 4.64. The van der Waals surface area contributed by atoms with E-state index in [-0.39, 0.29) is 16.4 Å². The Labute approximate surface area is 140 Å². The van der Waals surface area contributed by atoms with Crippen molar-refractivity contribution in [3.05, 3.63) is 59.9 Å². The van der Waals surface area contributed by atoms with Crippen molar-refractivity contribution in [2.24, 2.45) is 0 Å². The van der Waals surface area contributed by atoms with Crippen LogP contribution < -0.4 is 0 Å². The number of hydrogen-bond acceptors (Lipinski definition) is 4. The maximum atomic E-state index is 12.7. The summed E-state index contributed by atoms with van der Waals surface area (Å²) >= 11 is 0. The van der Waals surface area contributed by atoms with Crippen LogP contribution in [0.15, 0.2) is 53.7 Å². The molecule has 7 heteroatoms. The van der Waals surface area contributed by atoms with Crippen molar-refractivity contribution in [2.75, 3.05) is 13.1 Å². The summed E-state index contributed by atoms with van der Waals surface area (Å²) in [5.74, 6) is -0.989. The number of pyridine rings is 1. The summed E-state index contributed by atoms with van der Waals surface area (Å²) in [6.07, 6.45) is 4.46. The van der Waals surface area contributed by atoms with Crippen molar-refractivity contribution in [3.63, 3.8) is 0 Å². The first kappa shape index (κ1) is 16.6. The Morgan fingerprint density at radius 2 is 2.08 bits per heavy atom. The van der Waals surface area contributed by atoms with Crippen molar-refractivity contribution < 1.29 is 18.3 Å². The fourth-order valence-corrected chi connectivity index (χ4v) is 4.50. The zero-order chi connectivity index (χ0) is 17.2. The van der Waals surface area contributed by atoms with Gasteiger partial charge in [0, 0.05) is 25.5 Å². The van der Waals surface area contributed by atoms with Crippen LogP contribution in [-0.4, -0.2) is 41.9 Å². The van der Waals surface area contributed by atoms with Gasteiger partial charge in [0.25, 0.3) is 0 Å². The number of sulfonamides is 1. The lowest BCUT2D eigenvalue weighted by molar-refractivity contribution is 0.0696. The number of rotatable bonds is 4. The Morgan fingerprint density at radius 3 is 2.79 bits per heavy atom. The summed E-state index contributed by atoms with van der Waals surface area (Å²) in [7, 11) is -3.57. The van der Waals surface area contributed by atoms with Crippen molar-refractivity contribution >= 4 is 16.0 Å². The molecule has 0 bridgehead atoms. The van der Waals surface area contributed by atoms with Gasteiger partial charge in [-0.1, -0.05) is 12.1 Å². The number of aromatic nitrogens is 1. The number of piperidine rings is 1. The molecule has 2 aromatic rings. The number of carboxylic acids is 1. The van der Waals surface area contributed by atoms with E-state index < -0.39 is 16.0 Å². The summed E-state index contributed by atoms with van der Waals surface area (Å²) in [5.41, 5.74) is 1.08. The monoisotopic (exact) mass is 346 g/mol. The smallest absolute Gasteiger partial charge is 0.335 e. The van der Waals surface area contributed by atoms with Crippen molar-refractivity contribution in [1.29, 1.82) is 0 Å². The Balaban J connectivity index is 1.85. The van der Waals surface area contributed by atoms with E-state index in [1.54, 1.807) is 24.3 Å². The standard InChI is InChI=1S/C17H18N2O4S/c20-17(21)14-5-1-4-13(10-14)15-6-3-9-19(12-15)24(22,23)16-7-2-8-18-11-16/h1-2,4-5,7-8,10-11,15H,3,6,9,12H2,(H,20,21)/t15-/m0/s1. The van der Waals surface area contributed by atoms with Gasteiger partial charge >= 0.3 is 5.97 Å². The lowest BCUT2D eigenvalue weighted by Gasteiger charge is -2.32. The summed E-state index contributed by atoms with van der Waals surface area (Å²) in [6.45, 7) is 0.812. The quantitative estimate of drug-likeness (QED) is 0.918. The largest absolute Gasteiger partial charge is 0.478 e. The van der Waals surface area contributed by atoms with Crippen LogP contribution in [0.2, 0.25) is 0 Å². The lowest BCUT2D eigenvalue weighted by Crippen LogP contribution is -2.39. The van der Waals surface area contributed by atoms with Gasteiger partial charge in [0.1, 0.15) is 4.90 Å². The molecule has 0 amide bonds. The maximum absolute atomic E-state index is 12.7. The predicted octanol–water partition coefficient (Wildman–Crippen LogP) is 2.35. The van der Waals surface area contributed by atoms with Gasteiger partial charge in [-0.3, -0.25) is 4.98 Å². The molecule has 1 aromatic heterocycles. The van der Waals surface area contributed by atoms with Gasteiger partial charge in [0.2, 0.25) is 10.0 Å². The van der Waals surface area contributed by atoms with E-state index in [1.165, 1.54) is 22.8 Å². The number of benzene rings is 1. The molecule has 1 aromatic carbocycles. The molecule has 126 valence electrons. The van der Waals surface area contributed by atoms with E-state index in [1.807, 2.05) is 6.07 Å². The molecule has 1 atom stereocenters. The highest BCUT2D eigenvalue weighted by Gasteiger charge is 2.31. The molecule has 2 heterocycles. The van der Waals surface area contributed by atoms with E-state index in [4.69, 9.17) is 5.11 Å². The van der Waals surface area contributed by atoms with Crippen LogP contribution in [0.4, 0.5) is 0 Å². The van der Waals surface area contributed by atoms with Crippen molar-refractivity contribution in [2.45, 2.75) is 23.7 Å². The fraction of sp³-hybridized carbons (Fsp3) is 0.294. The third kappa shape index (κ3) is 3.32. The molecule has 1 fully saturated rings. The van der Waals surface area contributed by atoms with Gasteiger partial charge in [-0.2, -0.15) is 4.31 Å². The number of nitrogens with zero attached hydrogens (tertiary/aromatic N) is 2. The molecule has 1 saturated heterocycles. The first-order valence-electron chi connectivity index (χ1n) is 7.72. The second-order valence-electron chi connectivity index (χ2n) is 5.82. The third-order valence-electron chi connectivity index (χ3n) is 4.26. The molecule has 0 aliphatic carbocycles. The molecule has 6 nitrogen and oxygen atoms in total. The minimum absolute atomic E-state index is 0.00973. The normalized spacial score (nSPS) is 19.1. The molecule has 0 saturated carbocycles. The number of hydrogen-bond donors (Lipinski definition) is 1. The van der Waals surface area contributed by atoms with Crippen molar-refractivity contribution in [1.82, 2.24) is 9.29 Å². The molecular weight excluding hydrogens is 328 g/mol. The summed E-state index contributed by atoms with van der Waals surface area (Å²) in [5, 5.41) is 9.12. The molecule has 0 radical (unpaired) electrons. The topological polar surface area (TPSA) is 87.6 Å². The van der Waals surface area contributed by atoms with Crippen LogP contribution in [0.3, 0.4) is 0 Å². The maximum Gasteiger partial charge on any atom is 0.335 e. The minimum atomic E-state index is -3.57. The lowest BCUT2D eigenvalue weighted by atomic mass is 9.91. The molecule has 0 spiro atoms. The number of carbonyl (C=O) groups is 1. The number of carboxylic acid groups (broad SMARTS) is 1. The molecule has 1 aliphatic heterocycles. The Morgan fingerprint density at radius 1 is 1.25 bits per heavy atom. The molecule has 0 unspecified atom stereocenters. The summed E-state index contributed by atoms with van der Waals surface area (Å²) < 4.78 is 26.9. The second kappa shape index (κ2) is 6.70. The molecule has 3 rings (SSSR count). The highest BCUT2D eigenvalue weighted by atomic mass is 32.2. The Bertz CT molecular complexity index is 837. The van der Waals surface area contributed by atoms with Crippen LogP contribution in [-0.2, 0) is 10.0 Å². The van der Waals surface area contributed by atoms with E-state index in [9.17, 15) is 13.2 Å². The van der Waals surface area contributed by atoms with E-state index in [2.05, 4.69) is 4.98 Å². The molecule has 24 heavy (non-hydrogen) atoms. The van der Waals surface area contributed by atoms with Gasteiger partial charge in [0.15, 0.2) is 0 Å². The van der Waals surface area contributed by atoms with Gasteiger partial charge in [0.05, 0.1) is 5.56 Å². The SMILES string of the molecule is O=C(O)c1cccc([C@H]2CCCN(S(=O)(=O)c3cccnc3)C2)c1. The summed E-state index contributed by atoms with van der Waals surface area (Å²) in [6, 6.07) is 9.87. The zero-order valence-corrected chi connectivity index (χ0v) is 13.8. The predicted molar refractivity (Wildman–Crippen MR) is 88.4 cm³/mol. The van der Waals surface area contributed by atoms with Gasteiger partial charge in [-0.25, -0.2) is 13.2 Å². The second-order valence-corrected chi connectivity index (χ2v) is 7.76. The van der Waals surface area contributed by atoms with E-state index >= 15 is 0 Å². The van der Waals surface area contributed by atoms with E-state index in [0.717, 1.165) is 18.4 Å². The van der Waals surface area contributed by atoms with Crippen LogP contribution >= 0.6 is 0 Å². The third-order valence-corrected chi connectivity index (χ3v) is 6.11. The van der Waals surface area contributed by atoms with Crippen LogP contribution in [0.25, 0.3) is 0 Å². The zero-order valence-electron chi connectivity index (χ0n) is 13.0. The summed E-state index contributed by atoms with van der Waals surface area (Å²) in [4.78, 5) is 15.2. The van der Waals surface area contributed by atoms with Crippen LogP contribution in [0, 0.1) is 0 Å². The first-order valence-corrected chi connectivity index (χ1v) is 9.16. The highest BCUT2D eigenvalue weighted by molar-refractivity contribution is 7.89. The van der Waals surface area contributed by atoms with E-state index in [0.29, 0.717) is 13.1 Å². The van der Waals surface area contributed by atoms with Gasteiger partial charge in [-0.05, 0) is 48.6 Å². The fourth-order valence-electron chi connectivity index (χ4n) is 3.01.